The lowest BCUT2D eigenvalue weighted by Gasteiger charge is -2.04. The van der Waals surface area contributed by atoms with Gasteiger partial charge in [0.05, 0.1) is 18.2 Å². The number of benzene rings is 2. The van der Waals surface area contributed by atoms with Gasteiger partial charge in [-0.2, -0.15) is 0 Å². The van der Waals surface area contributed by atoms with Crippen LogP contribution in [-0.4, -0.2) is 7.11 Å². The molecule has 0 aliphatic heterocycles. The fourth-order valence-electron chi connectivity index (χ4n) is 2.52. The molecular weight excluding hydrogens is 286 g/mol. The van der Waals surface area contributed by atoms with Crippen LogP contribution in [0.2, 0.25) is 5.02 Å². The first-order valence-corrected chi connectivity index (χ1v) is 7.10. The number of fused-ring (bicyclic) bond motifs is 1. The first-order valence-electron chi connectivity index (χ1n) is 6.72. The smallest absolute Gasteiger partial charge is 0.153 e. The van der Waals surface area contributed by atoms with E-state index in [1.807, 2.05) is 24.3 Å². The minimum Gasteiger partial charge on any atom is -0.458 e. The molecule has 3 aromatic rings. The molecule has 1 heterocycles. The Labute approximate surface area is 128 Å². The second kappa shape index (κ2) is 5.90. The van der Waals surface area contributed by atoms with Crippen LogP contribution in [0, 0.1) is 0 Å². The maximum Gasteiger partial charge on any atom is 0.153 e. The highest BCUT2D eigenvalue weighted by atomic mass is 35.5. The minimum atomic E-state index is 0.324. The number of ether oxygens (including phenoxy) is 1. The van der Waals surface area contributed by atoms with Crippen LogP contribution < -0.4 is 5.73 Å². The molecule has 0 spiro atoms. The molecule has 0 unspecified atom stereocenters. The third-order valence-electron chi connectivity index (χ3n) is 3.51. The zero-order valence-electron chi connectivity index (χ0n) is 11.7. The first kappa shape index (κ1) is 14.1. The van der Waals surface area contributed by atoms with Gasteiger partial charge in [0.15, 0.2) is 5.58 Å². The van der Waals surface area contributed by atoms with Crippen LogP contribution in [0.25, 0.3) is 22.1 Å². The topological polar surface area (TPSA) is 48.4 Å². The molecule has 1 aromatic heterocycles. The third-order valence-corrected chi connectivity index (χ3v) is 3.79. The molecule has 2 N–H and O–H groups in total. The molecule has 0 aliphatic rings. The van der Waals surface area contributed by atoms with Crippen molar-refractivity contribution in [3.8, 4) is 11.1 Å². The largest absolute Gasteiger partial charge is 0.458 e. The van der Waals surface area contributed by atoms with Crippen molar-refractivity contribution in [1.29, 1.82) is 0 Å². The summed E-state index contributed by atoms with van der Waals surface area (Å²) in [7, 11) is 1.65. The molecule has 21 heavy (non-hydrogen) atoms. The van der Waals surface area contributed by atoms with Gasteiger partial charge in [0, 0.05) is 18.1 Å². The number of furan rings is 1. The van der Waals surface area contributed by atoms with E-state index >= 15 is 0 Å². The van der Waals surface area contributed by atoms with E-state index in [1.54, 1.807) is 7.11 Å². The Morgan fingerprint density at radius 2 is 1.90 bits per heavy atom. The lowest BCUT2D eigenvalue weighted by Crippen LogP contribution is -1.99. The van der Waals surface area contributed by atoms with Crippen molar-refractivity contribution >= 4 is 22.6 Å². The Bertz CT molecular complexity index is 765. The van der Waals surface area contributed by atoms with Gasteiger partial charge in [-0.3, -0.25) is 0 Å². The molecule has 0 amide bonds. The Morgan fingerprint density at radius 3 is 2.57 bits per heavy atom. The van der Waals surface area contributed by atoms with Crippen molar-refractivity contribution in [2.45, 2.75) is 13.2 Å². The Morgan fingerprint density at radius 1 is 1.14 bits per heavy atom. The molecule has 0 aliphatic carbocycles. The van der Waals surface area contributed by atoms with Gasteiger partial charge in [-0.1, -0.05) is 41.9 Å². The molecule has 3 nitrogen and oxygen atoms in total. The normalized spacial score (nSPS) is 11.2. The molecule has 0 saturated carbocycles. The summed E-state index contributed by atoms with van der Waals surface area (Å²) in [5.41, 5.74) is 9.55. The van der Waals surface area contributed by atoms with Crippen LogP contribution >= 0.6 is 11.6 Å². The van der Waals surface area contributed by atoms with E-state index in [0.29, 0.717) is 23.8 Å². The summed E-state index contributed by atoms with van der Waals surface area (Å²) in [4.78, 5) is 0. The van der Waals surface area contributed by atoms with Crippen molar-refractivity contribution in [2.24, 2.45) is 5.73 Å². The lowest BCUT2D eigenvalue weighted by atomic mass is 10.0. The van der Waals surface area contributed by atoms with Gasteiger partial charge in [0.25, 0.3) is 0 Å². The standard InChI is InChI=1S/C17H16ClNO2/c1-20-10-14-13-7-12(11-5-3-2-4-6-11)8-15(18)17(13)21-16(14)9-19/h2-8H,9-10,19H2,1H3. The number of nitrogens with two attached hydrogens (primary N) is 1. The predicted molar refractivity (Wildman–Crippen MR) is 85.3 cm³/mol. The summed E-state index contributed by atoms with van der Waals surface area (Å²) in [5.74, 6) is 0.721. The fourth-order valence-corrected chi connectivity index (χ4v) is 2.78. The van der Waals surface area contributed by atoms with Crippen molar-refractivity contribution < 1.29 is 9.15 Å². The van der Waals surface area contributed by atoms with Crippen LogP contribution in [0.1, 0.15) is 11.3 Å². The summed E-state index contributed by atoms with van der Waals surface area (Å²) in [5, 5.41) is 1.55. The lowest BCUT2D eigenvalue weighted by molar-refractivity contribution is 0.184. The number of hydrogen-bond donors (Lipinski definition) is 1. The summed E-state index contributed by atoms with van der Waals surface area (Å²) >= 11 is 6.38. The second-order valence-electron chi connectivity index (χ2n) is 4.84. The molecule has 0 atom stereocenters. The third kappa shape index (κ3) is 2.56. The van der Waals surface area contributed by atoms with Crippen LogP contribution in [-0.2, 0) is 17.9 Å². The maximum absolute atomic E-state index is 6.38. The highest BCUT2D eigenvalue weighted by Gasteiger charge is 2.16. The van der Waals surface area contributed by atoms with Crippen molar-refractivity contribution in [2.75, 3.05) is 7.11 Å². The molecule has 0 radical (unpaired) electrons. The SMILES string of the molecule is COCc1c(CN)oc2c(Cl)cc(-c3ccccc3)cc12. The predicted octanol–water partition coefficient (Wildman–Crippen LogP) is 4.36. The Kier molecular flexibility index (Phi) is 3.97. The van der Waals surface area contributed by atoms with Gasteiger partial charge < -0.3 is 14.9 Å². The summed E-state index contributed by atoms with van der Waals surface area (Å²) < 4.78 is 11.0. The van der Waals surface area contributed by atoms with Crippen LogP contribution in [0.5, 0.6) is 0 Å². The average Bonchev–Trinajstić information content (AvgIpc) is 2.87. The van der Waals surface area contributed by atoms with E-state index in [-0.39, 0.29) is 0 Å². The van der Waals surface area contributed by atoms with Gasteiger partial charge in [-0.15, -0.1) is 0 Å². The van der Waals surface area contributed by atoms with Gasteiger partial charge in [-0.05, 0) is 23.3 Å². The highest BCUT2D eigenvalue weighted by Crippen LogP contribution is 2.36. The van der Waals surface area contributed by atoms with E-state index in [9.17, 15) is 0 Å². The molecule has 0 bridgehead atoms. The molecular formula is C17H16ClNO2. The van der Waals surface area contributed by atoms with Gasteiger partial charge in [-0.25, -0.2) is 0 Å². The molecule has 108 valence electrons. The molecule has 3 rings (SSSR count). The zero-order chi connectivity index (χ0) is 14.8. The second-order valence-corrected chi connectivity index (χ2v) is 5.25. The molecule has 4 heteroatoms. The number of methoxy groups -OCH3 is 1. The van der Waals surface area contributed by atoms with Gasteiger partial charge >= 0.3 is 0 Å². The Balaban J connectivity index is 2.24. The number of rotatable bonds is 4. The quantitative estimate of drug-likeness (QED) is 0.779. The molecule has 0 fully saturated rings. The number of halogens is 1. The monoisotopic (exact) mass is 301 g/mol. The van der Waals surface area contributed by atoms with Crippen LogP contribution in [0.4, 0.5) is 0 Å². The summed E-state index contributed by atoms with van der Waals surface area (Å²) in [6, 6.07) is 14.1. The van der Waals surface area contributed by atoms with Crippen LogP contribution in [0.15, 0.2) is 46.9 Å². The van der Waals surface area contributed by atoms with Crippen molar-refractivity contribution in [1.82, 2.24) is 0 Å². The summed E-state index contributed by atoms with van der Waals surface area (Å²) in [6.07, 6.45) is 0. The number of hydrogen-bond acceptors (Lipinski definition) is 3. The average molecular weight is 302 g/mol. The molecule has 0 saturated heterocycles. The zero-order valence-corrected chi connectivity index (χ0v) is 12.5. The Hall–Kier alpha value is -1.81. The van der Waals surface area contributed by atoms with E-state index in [4.69, 9.17) is 26.5 Å². The van der Waals surface area contributed by atoms with Crippen LogP contribution in [0.3, 0.4) is 0 Å². The highest BCUT2D eigenvalue weighted by molar-refractivity contribution is 6.35. The fraction of sp³-hybridized carbons (Fsp3) is 0.176. The van der Waals surface area contributed by atoms with E-state index in [2.05, 4.69) is 18.2 Å². The first-order chi connectivity index (χ1) is 10.2. The van der Waals surface area contributed by atoms with E-state index in [0.717, 1.165) is 27.8 Å². The van der Waals surface area contributed by atoms with Crippen molar-refractivity contribution in [3.05, 3.63) is 58.8 Å². The van der Waals surface area contributed by atoms with Gasteiger partial charge in [0.1, 0.15) is 5.76 Å². The minimum absolute atomic E-state index is 0.324. The summed E-state index contributed by atoms with van der Waals surface area (Å²) in [6.45, 7) is 0.776. The van der Waals surface area contributed by atoms with Gasteiger partial charge in [0.2, 0.25) is 0 Å². The molecule has 2 aromatic carbocycles. The van der Waals surface area contributed by atoms with E-state index in [1.165, 1.54) is 0 Å². The van der Waals surface area contributed by atoms with E-state index < -0.39 is 0 Å². The van der Waals surface area contributed by atoms with Crippen molar-refractivity contribution in [3.63, 3.8) is 0 Å². The maximum atomic E-state index is 6.38.